The standard InChI is InChI=1S/C29H32N2O3/c1-7-30-24-15-26-22(13-18(24)5)28(20-11-9-10-12-21(20)29(32)33)23-14-19(6)25(16-27(23)34-26)31(8-2)17(3)4/h9-17H,7-8H2,1-6H3,(H,32,33)/b30-24+. The van der Waals surface area contributed by atoms with Gasteiger partial charge in [-0.25, -0.2) is 4.79 Å². The largest absolute Gasteiger partial charge is 0.478 e. The quantitative estimate of drug-likeness (QED) is 0.329. The molecule has 34 heavy (non-hydrogen) atoms. The van der Waals surface area contributed by atoms with Crippen molar-refractivity contribution in [3.05, 3.63) is 70.6 Å². The maximum atomic E-state index is 12.2. The molecular formula is C29H32N2O3. The van der Waals surface area contributed by atoms with Crippen LogP contribution in [0.2, 0.25) is 0 Å². The molecule has 0 spiro atoms. The van der Waals surface area contributed by atoms with Crippen molar-refractivity contribution in [2.24, 2.45) is 4.99 Å². The first-order valence-corrected chi connectivity index (χ1v) is 11.9. The van der Waals surface area contributed by atoms with Crippen molar-refractivity contribution in [2.75, 3.05) is 18.0 Å². The van der Waals surface area contributed by atoms with Gasteiger partial charge in [0, 0.05) is 53.5 Å². The van der Waals surface area contributed by atoms with Crippen LogP contribution in [0.4, 0.5) is 5.69 Å². The van der Waals surface area contributed by atoms with Gasteiger partial charge in [-0.15, -0.1) is 0 Å². The summed E-state index contributed by atoms with van der Waals surface area (Å²) < 4.78 is 6.49. The Morgan fingerprint density at radius 1 is 1.03 bits per heavy atom. The van der Waals surface area contributed by atoms with Gasteiger partial charge in [0.05, 0.1) is 10.9 Å². The third-order valence-corrected chi connectivity index (χ3v) is 6.38. The summed E-state index contributed by atoms with van der Waals surface area (Å²) >= 11 is 0. The Kier molecular flexibility index (Phi) is 6.47. The molecule has 0 fully saturated rings. The van der Waals surface area contributed by atoms with Crippen LogP contribution in [0.5, 0.6) is 0 Å². The molecule has 1 aliphatic carbocycles. The summed E-state index contributed by atoms with van der Waals surface area (Å²) in [4.78, 5) is 19.1. The first-order chi connectivity index (χ1) is 16.3. The van der Waals surface area contributed by atoms with E-state index in [-0.39, 0.29) is 5.56 Å². The SMILES string of the molecule is CC/N=c1\cc2oc3cc(N(CC)C(C)C)c(C)cc3c(-c3ccccc3C(=O)O)c-2cc1C. The van der Waals surface area contributed by atoms with Crippen molar-refractivity contribution in [3.8, 4) is 22.5 Å². The zero-order valence-electron chi connectivity index (χ0n) is 20.8. The zero-order valence-corrected chi connectivity index (χ0v) is 20.8. The van der Waals surface area contributed by atoms with Gasteiger partial charge in [-0.05, 0) is 76.4 Å². The number of nitrogens with zero attached hydrogens (tertiary/aromatic N) is 2. The second-order valence-electron chi connectivity index (χ2n) is 8.95. The maximum absolute atomic E-state index is 12.2. The highest BCUT2D eigenvalue weighted by Crippen LogP contribution is 2.43. The smallest absolute Gasteiger partial charge is 0.336 e. The maximum Gasteiger partial charge on any atom is 0.336 e. The Balaban J connectivity index is 2.19. The molecule has 2 aliphatic rings. The number of rotatable bonds is 6. The average Bonchev–Trinajstić information content (AvgIpc) is 2.79. The number of hydrogen-bond donors (Lipinski definition) is 1. The highest BCUT2D eigenvalue weighted by atomic mass is 16.4. The van der Waals surface area contributed by atoms with Gasteiger partial charge < -0.3 is 14.4 Å². The van der Waals surface area contributed by atoms with Crippen LogP contribution in [0.25, 0.3) is 33.4 Å². The first kappa shape index (κ1) is 23.6. The summed E-state index contributed by atoms with van der Waals surface area (Å²) in [6.07, 6.45) is 0. The Hall–Kier alpha value is -3.60. The monoisotopic (exact) mass is 456 g/mol. The number of aromatic carboxylic acids is 1. The predicted molar refractivity (Wildman–Crippen MR) is 139 cm³/mol. The summed E-state index contributed by atoms with van der Waals surface area (Å²) in [5.41, 5.74) is 6.73. The lowest BCUT2D eigenvalue weighted by Crippen LogP contribution is -2.30. The summed E-state index contributed by atoms with van der Waals surface area (Å²) in [6, 6.07) is 15.8. The van der Waals surface area contributed by atoms with E-state index in [1.165, 1.54) is 0 Å². The molecule has 176 valence electrons. The molecule has 0 saturated heterocycles. The molecule has 1 N–H and O–H groups in total. The lowest BCUT2D eigenvalue weighted by Gasteiger charge is -2.29. The molecule has 1 aliphatic heterocycles. The van der Waals surface area contributed by atoms with E-state index < -0.39 is 5.97 Å². The topological polar surface area (TPSA) is 66.0 Å². The number of carbonyl (C=O) groups is 1. The average molecular weight is 457 g/mol. The highest BCUT2D eigenvalue weighted by Gasteiger charge is 2.23. The van der Waals surface area contributed by atoms with E-state index in [1.54, 1.807) is 12.1 Å². The van der Waals surface area contributed by atoms with Crippen LogP contribution in [0.1, 0.15) is 49.2 Å². The van der Waals surface area contributed by atoms with Crippen molar-refractivity contribution < 1.29 is 14.3 Å². The molecule has 0 atom stereocenters. The molecule has 0 amide bonds. The van der Waals surface area contributed by atoms with Gasteiger partial charge in [0.15, 0.2) is 0 Å². The Morgan fingerprint density at radius 3 is 2.41 bits per heavy atom. The number of benzene rings is 3. The van der Waals surface area contributed by atoms with E-state index in [4.69, 9.17) is 4.42 Å². The van der Waals surface area contributed by atoms with Crippen molar-refractivity contribution in [1.82, 2.24) is 0 Å². The van der Waals surface area contributed by atoms with Gasteiger partial charge in [-0.2, -0.15) is 0 Å². The van der Waals surface area contributed by atoms with E-state index in [9.17, 15) is 9.90 Å². The number of anilines is 1. The van der Waals surface area contributed by atoms with Gasteiger partial charge >= 0.3 is 5.97 Å². The summed E-state index contributed by atoms with van der Waals surface area (Å²) in [7, 11) is 0. The molecule has 5 nitrogen and oxygen atoms in total. The van der Waals surface area contributed by atoms with E-state index in [0.29, 0.717) is 23.9 Å². The van der Waals surface area contributed by atoms with Crippen LogP contribution >= 0.6 is 0 Å². The van der Waals surface area contributed by atoms with Crippen LogP contribution in [-0.2, 0) is 0 Å². The fourth-order valence-corrected chi connectivity index (χ4v) is 4.82. The van der Waals surface area contributed by atoms with Gasteiger partial charge in [0.2, 0.25) is 0 Å². The molecule has 4 rings (SSSR count). The first-order valence-electron chi connectivity index (χ1n) is 11.9. The third kappa shape index (κ3) is 4.07. The van der Waals surface area contributed by atoms with Crippen LogP contribution in [-0.4, -0.2) is 30.2 Å². The number of carboxylic acids is 1. The fraction of sp³-hybridized carbons (Fsp3) is 0.310. The van der Waals surface area contributed by atoms with Crippen molar-refractivity contribution in [3.63, 3.8) is 0 Å². The second-order valence-corrected chi connectivity index (χ2v) is 8.95. The Labute approximate surface area is 200 Å². The van der Waals surface area contributed by atoms with E-state index in [2.05, 4.69) is 55.8 Å². The normalized spacial score (nSPS) is 12.1. The summed E-state index contributed by atoms with van der Waals surface area (Å²) in [6.45, 7) is 14.2. The predicted octanol–water partition coefficient (Wildman–Crippen LogP) is 6.67. The highest BCUT2D eigenvalue weighted by molar-refractivity contribution is 6.08. The number of hydrogen-bond acceptors (Lipinski definition) is 4. The Morgan fingerprint density at radius 2 is 1.76 bits per heavy atom. The minimum Gasteiger partial charge on any atom is -0.478 e. The number of aryl methyl sites for hydroxylation is 2. The van der Waals surface area contributed by atoms with Crippen LogP contribution < -0.4 is 10.3 Å². The molecule has 0 radical (unpaired) electrons. The minimum absolute atomic E-state index is 0.273. The zero-order chi connectivity index (χ0) is 24.6. The van der Waals surface area contributed by atoms with E-state index in [0.717, 1.165) is 50.8 Å². The molecule has 5 heteroatoms. The summed E-state index contributed by atoms with van der Waals surface area (Å²) in [5, 5.41) is 11.8. The van der Waals surface area contributed by atoms with E-state index >= 15 is 0 Å². The van der Waals surface area contributed by atoms with Crippen LogP contribution in [0.15, 0.2) is 57.9 Å². The molecule has 0 aromatic heterocycles. The van der Waals surface area contributed by atoms with Crippen LogP contribution in [0.3, 0.4) is 0 Å². The molecular weight excluding hydrogens is 424 g/mol. The molecule has 0 unspecified atom stereocenters. The van der Waals surface area contributed by atoms with Gasteiger partial charge in [0.25, 0.3) is 0 Å². The van der Waals surface area contributed by atoms with Crippen molar-refractivity contribution in [2.45, 2.75) is 47.6 Å². The molecule has 2 aromatic rings. The van der Waals surface area contributed by atoms with Crippen LogP contribution in [0, 0.1) is 13.8 Å². The van der Waals surface area contributed by atoms with Gasteiger partial charge in [-0.3, -0.25) is 4.99 Å². The van der Waals surface area contributed by atoms with Crippen molar-refractivity contribution in [1.29, 1.82) is 0 Å². The molecule has 0 saturated carbocycles. The molecule has 1 heterocycles. The Bertz CT molecular complexity index is 1420. The van der Waals surface area contributed by atoms with Gasteiger partial charge in [0.1, 0.15) is 11.3 Å². The van der Waals surface area contributed by atoms with E-state index in [1.807, 2.05) is 32.0 Å². The molecule has 0 bridgehead atoms. The summed E-state index contributed by atoms with van der Waals surface area (Å²) in [5.74, 6) is -0.250. The second kappa shape index (κ2) is 9.34. The number of fused-ring (bicyclic) bond motifs is 2. The lowest BCUT2D eigenvalue weighted by molar-refractivity contribution is 0.0697. The lowest BCUT2D eigenvalue weighted by atomic mass is 9.89. The van der Waals surface area contributed by atoms with Gasteiger partial charge in [-0.1, -0.05) is 18.2 Å². The minimum atomic E-state index is -0.947. The van der Waals surface area contributed by atoms with Crippen molar-refractivity contribution >= 4 is 22.6 Å². The third-order valence-electron chi connectivity index (χ3n) is 6.38. The fourth-order valence-electron chi connectivity index (χ4n) is 4.82. The molecule has 2 aromatic carbocycles. The number of carboxylic acid groups (broad SMARTS) is 1.